The molecule has 0 unspecified atom stereocenters. The number of nitrogens with one attached hydrogen (secondary N) is 1. The number of hydrogen-bond donors (Lipinski definition) is 1. The molecule has 3 heterocycles. The third-order valence-corrected chi connectivity index (χ3v) is 4.90. The van der Waals surface area contributed by atoms with E-state index in [2.05, 4.69) is 39.0 Å². The van der Waals surface area contributed by atoms with E-state index in [4.69, 9.17) is 4.52 Å². The number of nitrogens with zero attached hydrogens (tertiary/aromatic N) is 4. The van der Waals surface area contributed by atoms with Crippen molar-refractivity contribution in [1.29, 1.82) is 0 Å². The molecular weight excluding hydrogens is 306 g/mol. The van der Waals surface area contributed by atoms with Crippen molar-refractivity contribution < 1.29 is 4.52 Å². The van der Waals surface area contributed by atoms with E-state index in [1.807, 2.05) is 12.1 Å². The number of H-pyrrole nitrogens is 1. The summed E-state index contributed by atoms with van der Waals surface area (Å²) in [5.41, 5.74) is 1.27. The van der Waals surface area contributed by atoms with Crippen LogP contribution in [0, 0.1) is 0 Å². The van der Waals surface area contributed by atoms with E-state index in [1.165, 1.54) is 6.33 Å². The molecule has 1 aliphatic heterocycles. The lowest BCUT2D eigenvalue weighted by Crippen LogP contribution is -2.36. The van der Waals surface area contributed by atoms with Crippen molar-refractivity contribution in [1.82, 2.24) is 25.0 Å². The molecule has 0 saturated carbocycles. The van der Waals surface area contributed by atoms with E-state index in [0.29, 0.717) is 34.6 Å². The number of piperidine rings is 1. The number of likely N-dealkylation sites (tertiary alicyclic amines) is 1. The molecule has 7 nitrogen and oxygen atoms in total. The molecular formula is C17H19N5O2. The maximum Gasteiger partial charge on any atom is 0.258 e. The van der Waals surface area contributed by atoms with Gasteiger partial charge in [0.25, 0.3) is 5.56 Å². The van der Waals surface area contributed by atoms with E-state index in [1.54, 1.807) is 6.07 Å². The maximum absolute atomic E-state index is 11.7. The van der Waals surface area contributed by atoms with Gasteiger partial charge >= 0.3 is 0 Å². The fourth-order valence-corrected chi connectivity index (χ4v) is 3.24. The largest absolute Gasteiger partial charge is 0.339 e. The van der Waals surface area contributed by atoms with Gasteiger partial charge in [-0.2, -0.15) is 4.98 Å². The third kappa shape index (κ3) is 2.60. The molecule has 0 radical (unpaired) electrons. The number of hydrogen-bond acceptors (Lipinski definition) is 6. The second-order valence-electron chi connectivity index (χ2n) is 6.47. The van der Waals surface area contributed by atoms with Crippen molar-refractivity contribution in [3.8, 4) is 11.4 Å². The lowest BCUT2D eigenvalue weighted by atomic mass is 9.92. The Morgan fingerprint density at radius 3 is 3.08 bits per heavy atom. The number of benzene rings is 1. The normalized spacial score (nSPS) is 22.1. The van der Waals surface area contributed by atoms with Crippen LogP contribution in [0.1, 0.15) is 31.6 Å². The molecule has 1 aliphatic rings. The number of rotatable bonds is 2. The molecule has 7 heteroatoms. The molecule has 2 aromatic heterocycles. The highest BCUT2D eigenvalue weighted by Crippen LogP contribution is 2.31. The van der Waals surface area contributed by atoms with Crippen molar-refractivity contribution >= 4 is 10.9 Å². The van der Waals surface area contributed by atoms with Crippen molar-refractivity contribution in [3.05, 3.63) is 40.8 Å². The van der Waals surface area contributed by atoms with Gasteiger partial charge in [0.05, 0.1) is 17.2 Å². The van der Waals surface area contributed by atoms with Crippen LogP contribution < -0.4 is 5.56 Å². The summed E-state index contributed by atoms with van der Waals surface area (Å²) in [6.45, 7) is 3.25. The van der Waals surface area contributed by atoms with Gasteiger partial charge in [-0.25, -0.2) is 4.98 Å². The summed E-state index contributed by atoms with van der Waals surface area (Å²) in [6, 6.07) is 5.89. The van der Waals surface area contributed by atoms with Crippen molar-refractivity contribution in [2.75, 3.05) is 13.6 Å². The zero-order valence-electron chi connectivity index (χ0n) is 13.7. The zero-order valence-corrected chi connectivity index (χ0v) is 13.7. The number of fused-ring (bicyclic) bond motifs is 1. The Kier molecular flexibility index (Phi) is 3.65. The summed E-state index contributed by atoms with van der Waals surface area (Å²) in [4.78, 5) is 25.4. The van der Waals surface area contributed by atoms with E-state index >= 15 is 0 Å². The highest BCUT2D eigenvalue weighted by Gasteiger charge is 2.28. The summed E-state index contributed by atoms with van der Waals surface area (Å²) in [7, 11) is 2.14. The fourth-order valence-electron chi connectivity index (χ4n) is 3.24. The smallest absolute Gasteiger partial charge is 0.258 e. The fraction of sp³-hybridized carbons (Fsp3) is 0.412. The second kappa shape index (κ2) is 5.83. The van der Waals surface area contributed by atoms with Gasteiger partial charge in [-0.1, -0.05) is 11.2 Å². The van der Waals surface area contributed by atoms with Crippen LogP contribution in [0.5, 0.6) is 0 Å². The minimum atomic E-state index is -0.152. The number of aromatic amines is 1. The van der Waals surface area contributed by atoms with Gasteiger partial charge in [-0.3, -0.25) is 4.79 Å². The molecule has 24 heavy (non-hydrogen) atoms. The Morgan fingerprint density at radius 1 is 1.38 bits per heavy atom. The molecule has 1 saturated heterocycles. The maximum atomic E-state index is 11.7. The highest BCUT2D eigenvalue weighted by molar-refractivity contribution is 5.81. The topological polar surface area (TPSA) is 87.9 Å². The van der Waals surface area contributed by atoms with Crippen molar-refractivity contribution in [2.45, 2.75) is 31.7 Å². The second-order valence-corrected chi connectivity index (χ2v) is 6.47. The number of aromatic nitrogens is 4. The Morgan fingerprint density at radius 2 is 2.25 bits per heavy atom. The van der Waals surface area contributed by atoms with Crippen molar-refractivity contribution in [3.63, 3.8) is 0 Å². The summed E-state index contributed by atoms with van der Waals surface area (Å²) in [5.74, 6) is 1.54. The average Bonchev–Trinajstić information content (AvgIpc) is 3.07. The van der Waals surface area contributed by atoms with Gasteiger partial charge in [-0.15, -0.1) is 0 Å². The van der Waals surface area contributed by atoms with E-state index < -0.39 is 0 Å². The summed E-state index contributed by atoms with van der Waals surface area (Å²) in [6.07, 6.45) is 3.44. The van der Waals surface area contributed by atoms with Gasteiger partial charge in [0.2, 0.25) is 11.7 Å². The van der Waals surface area contributed by atoms with Crippen LogP contribution in [0.3, 0.4) is 0 Å². The van der Waals surface area contributed by atoms with Gasteiger partial charge < -0.3 is 14.4 Å². The van der Waals surface area contributed by atoms with Crippen LogP contribution in [0.15, 0.2) is 33.8 Å². The van der Waals surface area contributed by atoms with Gasteiger partial charge in [0, 0.05) is 17.5 Å². The molecule has 0 spiro atoms. The molecule has 3 aromatic rings. The lowest BCUT2D eigenvalue weighted by molar-refractivity contribution is 0.166. The van der Waals surface area contributed by atoms with E-state index in [0.717, 1.165) is 24.9 Å². The molecule has 0 bridgehead atoms. The minimum Gasteiger partial charge on any atom is -0.339 e. The Labute approximate surface area is 138 Å². The quantitative estimate of drug-likeness (QED) is 0.777. The summed E-state index contributed by atoms with van der Waals surface area (Å²) in [5, 5.41) is 4.67. The van der Waals surface area contributed by atoms with Crippen LogP contribution >= 0.6 is 0 Å². The predicted molar refractivity (Wildman–Crippen MR) is 89.7 cm³/mol. The molecule has 2 atom stereocenters. The molecule has 0 aliphatic carbocycles. The minimum absolute atomic E-state index is 0.152. The molecule has 1 N–H and O–H groups in total. The first-order valence-corrected chi connectivity index (χ1v) is 8.13. The first kappa shape index (κ1) is 15.0. The van der Waals surface area contributed by atoms with Gasteiger partial charge in [-0.05, 0) is 45.5 Å². The molecule has 4 rings (SSSR count). The van der Waals surface area contributed by atoms with Crippen LogP contribution in [0.4, 0.5) is 0 Å². The van der Waals surface area contributed by atoms with E-state index in [-0.39, 0.29) is 5.56 Å². The first-order valence-electron chi connectivity index (χ1n) is 8.13. The predicted octanol–water partition coefficient (Wildman–Crippen LogP) is 2.17. The van der Waals surface area contributed by atoms with E-state index in [9.17, 15) is 4.79 Å². The average molecular weight is 325 g/mol. The molecule has 0 amide bonds. The highest BCUT2D eigenvalue weighted by atomic mass is 16.5. The van der Waals surface area contributed by atoms with Crippen LogP contribution in [0.2, 0.25) is 0 Å². The summed E-state index contributed by atoms with van der Waals surface area (Å²) < 4.78 is 5.51. The molecule has 1 fully saturated rings. The molecule has 1 aromatic carbocycles. The SMILES string of the molecule is C[C@H]1C[C@@H](c2nc(-c3ccc4c(=O)[nH]cnc4c3)no2)CCN1C. The standard InChI is InChI=1S/C17H19N5O2/c1-10-7-12(5-6-22(10)2)17-20-15(21-24-17)11-3-4-13-14(8-11)18-9-19-16(13)23/h3-4,8-10,12H,5-7H2,1-2H3,(H,18,19,23)/t10-,12-/m0/s1. The summed E-state index contributed by atoms with van der Waals surface area (Å²) >= 11 is 0. The molecule has 124 valence electrons. The Hall–Kier alpha value is -2.54. The van der Waals surface area contributed by atoms with Gasteiger partial charge in [0.1, 0.15) is 0 Å². The van der Waals surface area contributed by atoms with Gasteiger partial charge in [0.15, 0.2) is 0 Å². The Bertz CT molecular complexity index is 932. The van der Waals surface area contributed by atoms with Crippen molar-refractivity contribution in [2.24, 2.45) is 0 Å². The Balaban J connectivity index is 1.64. The zero-order chi connectivity index (χ0) is 16.7. The third-order valence-electron chi connectivity index (χ3n) is 4.90. The van der Waals surface area contributed by atoms with Crippen LogP contribution in [0.25, 0.3) is 22.3 Å². The van der Waals surface area contributed by atoms with Crippen LogP contribution in [-0.2, 0) is 0 Å². The van der Waals surface area contributed by atoms with Crippen LogP contribution in [-0.4, -0.2) is 44.6 Å². The monoisotopic (exact) mass is 325 g/mol. The lowest BCUT2D eigenvalue weighted by Gasteiger charge is -2.33. The first-order chi connectivity index (χ1) is 11.6.